The molecule has 1 atom stereocenters. The van der Waals surface area contributed by atoms with Crippen molar-refractivity contribution in [3.05, 3.63) is 29.3 Å². The van der Waals surface area contributed by atoms with Crippen LogP contribution < -0.4 is 5.32 Å². The average molecular weight is 264 g/mol. The number of amides is 1. The maximum Gasteiger partial charge on any atom is 0.327 e. The molecule has 1 heterocycles. The molecule has 0 bridgehead atoms. The third kappa shape index (κ3) is 2.68. The second-order valence-electron chi connectivity index (χ2n) is 4.56. The summed E-state index contributed by atoms with van der Waals surface area (Å²) in [5, 5.41) is 21.5. The Kier molecular flexibility index (Phi) is 3.71. The third-order valence-corrected chi connectivity index (χ3v) is 3.23. The molecule has 1 unspecified atom stereocenters. The highest BCUT2D eigenvalue weighted by Crippen LogP contribution is 2.19. The van der Waals surface area contributed by atoms with Gasteiger partial charge in [-0.15, -0.1) is 0 Å². The van der Waals surface area contributed by atoms with Gasteiger partial charge in [0, 0.05) is 25.2 Å². The van der Waals surface area contributed by atoms with Crippen LogP contribution in [0.25, 0.3) is 0 Å². The zero-order valence-corrected chi connectivity index (χ0v) is 10.6. The molecule has 19 heavy (non-hydrogen) atoms. The van der Waals surface area contributed by atoms with Crippen molar-refractivity contribution in [3.8, 4) is 5.75 Å². The molecule has 0 aliphatic carbocycles. The summed E-state index contributed by atoms with van der Waals surface area (Å²) < 4.78 is 0. The molecule has 6 heteroatoms. The standard InChI is InChI=1S/C13H16N2O4/c1-8-6-9(2-3-11(8)16)12(17)15-5-4-14-7-10(15)13(18)19/h2-3,6,10,14,16H,4-5,7H2,1H3,(H,18,19). The van der Waals surface area contributed by atoms with Gasteiger partial charge in [0.25, 0.3) is 5.91 Å². The molecular formula is C13H16N2O4. The van der Waals surface area contributed by atoms with Crippen molar-refractivity contribution in [1.29, 1.82) is 0 Å². The summed E-state index contributed by atoms with van der Waals surface area (Å²) in [5.74, 6) is -1.22. The van der Waals surface area contributed by atoms with Crippen molar-refractivity contribution in [1.82, 2.24) is 10.2 Å². The minimum atomic E-state index is -1.02. The van der Waals surface area contributed by atoms with Gasteiger partial charge in [-0.1, -0.05) is 0 Å². The van der Waals surface area contributed by atoms with E-state index in [2.05, 4.69) is 5.32 Å². The predicted molar refractivity (Wildman–Crippen MR) is 68.2 cm³/mol. The number of nitrogens with one attached hydrogen (secondary N) is 1. The molecule has 0 saturated carbocycles. The van der Waals surface area contributed by atoms with Gasteiger partial charge >= 0.3 is 5.97 Å². The molecule has 1 aromatic rings. The molecule has 1 aliphatic rings. The summed E-state index contributed by atoms with van der Waals surface area (Å²) >= 11 is 0. The molecule has 1 aromatic carbocycles. The molecule has 6 nitrogen and oxygen atoms in total. The number of piperazine rings is 1. The van der Waals surface area contributed by atoms with E-state index < -0.39 is 12.0 Å². The number of rotatable bonds is 2. The normalized spacial score (nSPS) is 19.2. The zero-order valence-electron chi connectivity index (χ0n) is 10.6. The number of carbonyl (C=O) groups excluding carboxylic acids is 1. The third-order valence-electron chi connectivity index (χ3n) is 3.23. The Balaban J connectivity index is 2.26. The summed E-state index contributed by atoms with van der Waals surface area (Å²) in [6, 6.07) is 3.67. The van der Waals surface area contributed by atoms with E-state index in [1.165, 1.54) is 17.0 Å². The average Bonchev–Trinajstić information content (AvgIpc) is 2.41. The first-order valence-electron chi connectivity index (χ1n) is 6.05. The van der Waals surface area contributed by atoms with E-state index in [9.17, 15) is 14.7 Å². The largest absolute Gasteiger partial charge is 0.508 e. The number of aliphatic carboxylic acids is 1. The highest BCUT2D eigenvalue weighted by atomic mass is 16.4. The van der Waals surface area contributed by atoms with Gasteiger partial charge in [0.1, 0.15) is 11.8 Å². The Bertz CT molecular complexity index is 515. The SMILES string of the molecule is Cc1cc(C(=O)N2CCNCC2C(=O)O)ccc1O. The Morgan fingerprint density at radius 1 is 1.42 bits per heavy atom. The maximum absolute atomic E-state index is 12.3. The van der Waals surface area contributed by atoms with Crippen LogP contribution in [0.1, 0.15) is 15.9 Å². The van der Waals surface area contributed by atoms with Crippen LogP contribution >= 0.6 is 0 Å². The van der Waals surface area contributed by atoms with Gasteiger partial charge in [0.15, 0.2) is 0 Å². The van der Waals surface area contributed by atoms with Crippen LogP contribution in [0.2, 0.25) is 0 Å². The van der Waals surface area contributed by atoms with Crippen LogP contribution in [0.5, 0.6) is 5.75 Å². The molecule has 102 valence electrons. The first-order chi connectivity index (χ1) is 9.00. The van der Waals surface area contributed by atoms with Crippen molar-refractivity contribution in [2.45, 2.75) is 13.0 Å². The van der Waals surface area contributed by atoms with E-state index in [1.54, 1.807) is 13.0 Å². The second kappa shape index (κ2) is 5.27. The predicted octanol–water partition coefficient (Wildman–Crippen LogP) is 0.199. The van der Waals surface area contributed by atoms with Crippen molar-refractivity contribution in [2.24, 2.45) is 0 Å². The van der Waals surface area contributed by atoms with Crippen LogP contribution in [-0.2, 0) is 4.79 Å². The number of nitrogens with zero attached hydrogens (tertiary/aromatic N) is 1. The van der Waals surface area contributed by atoms with E-state index in [1.807, 2.05) is 0 Å². The molecule has 1 aliphatic heterocycles. The quantitative estimate of drug-likeness (QED) is 0.710. The summed E-state index contributed by atoms with van der Waals surface area (Å²) in [7, 11) is 0. The van der Waals surface area contributed by atoms with Crippen LogP contribution in [0.3, 0.4) is 0 Å². The van der Waals surface area contributed by atoms with Crippen LogP contribution in [-0.4, -0.2) is 52.7 Å². The first-order valence-corrected chi connectivity index (χ1v) is 6.05. The van der Waals surface area contributed by atoms with Crippen molar-refractivity contribution in [3.63, 3.8) is 0 Å². The van der Waals surface area contributed by atoms with Crippen LogP contribution in [0, 0.1) is 6.92 Å². The topological polar surface area (TPSA) is 89.9 Å². The fourth-order valence-electron chi connectivity index (χ4n) is 2.12. The van der Waals surface area contributed by atoms with E-state index in [4.69, 9.17) is 5.11 Å². The van der Waals surface area contributed by atoms with Gasteiger partial charge in [0.05, 0.1) is 0 Å². The lowest BCUT2D eigenvalue weighted by Gasteiger charge is -2.33. The number of hydrogen-bond acceptors (Lipinski definition) is 4. The Morgan fingerprint density at radius 3 is 2.79 bits per heavy atom. The lowest BCUT2D eigenvalue weighted by molar-refractivity contribution is -0.142. The van der Waals surface area contributed by atoms with E-state index in [0.717, 1.165) is 0 Å². The van der Waals surface area contributed by atoms with E-state index in [-0.39, 0.29) is 18.2 Å². The van der Waals surface area contributed by atoms with Crippen molar-refractivity contribution in [2.75, 3.05) is 19.6 Å². The Morgan fingerprint density at radius 2 is 2.16 bits per heavy atom. The molecule has 0 spiro atoms. The number of aromatic hydroxyl groups is 1. The molecule has 2 rings (SSSR count). The number of aryl methyl sites for hydroxylation is 1. The molecule has 1 fully saturated rings. The Labute approximate surface area is 110 Å². The lowest BCUT2D eigenvalue weighted by Crippen LogP contribution is -2.56. The van der Waals surface area contributed by atoms with Crippen LogP contribution in [0.15, 0.2) is 18.2 Å². The van der Waals surface area contributed by atoms with Gasteiger partial charge in [-0.25, -0.2) is 4.79 Å². The van der Waals surface area contributed by atoms with E-state index in [0.29, 0.717) is 24.2 Å². The van der Waals surface area contributed by atoms with Gasteiger partial charge in [-0.05, 0) is 30.7 Å². The summed E-state index contributed by atoms with van der Waals surface area (Å²) in [4.78, 5) is 24.8. The number of benzene rings is 1. The number of carboxylic acids is 1. The number of phenolic OH excluding ortho intramolecular Hbond substituents is 1. The second-order valence-corrected chi connectivity index (χ2v) is 4.56. The highest BCUT2D eigenvalue weighted by molar-refractivity contribution is 5.97. The molecule has 3 N–H and O–H groups in total. The Hall–Kier alpha value is -2.08. The minimum absolute atomic E-state index is 0.117. The number of carbonyl (C=O) groups is 2. The molecule has 0 aromatic heterocycles. The molecule has 0 radical (unpaired) electrons. The van der Waals surface area contributed by atoms with Gasteiger partial charge in [-0.3, -0.25) is 4.79 Å². The number of carboxylic acid groups (broad SMARTS) is 1. The fourth-order valence-corrected chi connectivity index (χ4v) is 2.12. The number of phenols is 1. The van der Waals surface area contributed by atoms with Crippen LogP contribution in [0.4, 0.5) is 0 Å². The maximum atomic E-state index is 12.3. The zero-order chi connectivity index (χ0) is 14.0. The highest BCUT2D eigenvalue weighted by Gasteiger charge is 2.32. The fraction of sp³-hybridized carbons (Fsp3) is 0.385. The summed E-state index contributed by atoms with van der Waals surface area (Å²) in [6.45, 7) is 2.87. The molecule has 1 amide bonds. The first kappa shape index (κ1) is 13.4. The lowest BCUT2D eigenvalue weighted by atomic mass is 10.1. The summed E-state index contributed by atoms with van der Waals surface area (Å²) in [5.41, 5.74) is 0.983. The summed E-state index contributed by atoms with van der Waals surface area (Å²) in [6.07, 6.45) is 0. The minimum Gasteiger partial charge on any atom is -0.508 e. The monoisotopic (exact) mass is 264 g/mol. The van der Waals surface area contributed by atoms with Gasteiger partial charge < -0.3 is 20.4 Å². The van der Waals surface area contributed by atoms with Gasteiger partial charge in [-0.2, -0.15) is 0 Å². The van der Waals surface area contributed by atoms with Crippen molar-refractivity contribution < 1.29 is 19.8 Å². The smallest absolute Gasteiger partial charge is 0.327 e. The molecular weight excluding hydrogens is 248 g/mol. The molecule has 1 saturated heterocycles. The number of hydrogen-bond donors (Lipinski definition) is 3. The van der Waals surface area contributed by atoms with Crippen molar-refractivity contribution >= 4 is 11.9 Å². The van der Waals surface area contributed by atoms with E-state index >= 15 is 0 Å². The van der Waals surface area contributed by atoms with Gasteiger partial charge in [0.2, 0.25) is 0 Å².